The van der Waals surface area contributed by atoms with Gasteiger partial charge in [0.2, 0.25) is 0 Å². The summed E-state index contributed by atoms with van der Waals surface area (Å²) in [7, 11) is 0. The van der Waals surface area contributed by atoms with E-state index in [0.717, 1.165) is 0 Å². The summed E-state index contributed by atoms with van der Waals surface area (Å²) in [4.78, 5) is 10.6. The fraction of sp³-hybridized carbons (Fsp3) is 0.889. The molecule has 0 aromatic heterocycles. The van der Waals surface area contributed by atoms with Crippen molar-refractivity contribution in [2.75, 3.05) is 0 Å². The minimum absolute atomic E-state index is 0.164. The van der Waals surface area contributed by atoms with Gasteiger partial charge in [-0.25, -0.2) is 0 Å². The van der Waals surface area contributed by atoms with Gasteiger partial charge in [-0.2, -0.15) is 0 Å². The fourth-order valence-electron chi connectivity index (χ4n) is 1.01. The van der Waals surface area contributed by atoms with E-state index in [1.54, 1.807) is 6.92 Å². The lowest BCUT2D eigenvalue weighted by Crippen LogP contribution is -2.26. The molecule has 0 saturated heterocycles. The van der Waals surface area contributed by atoms with Gasteiger partial charge in [0, 0.05) is 13.3 Å². The van der Waals surface area contributed by atoms with Crippen molar-refractivity contribution in [2.45, 2.75) is 46.3 Å². The average Bonchev–Trinajstić information content (AvgIpc) is 1.83. The minimum Gasteiger partial charge on any atom is -0.462 e. The standard InChI is InChI=1S/C9H18O3/c1-6(2)9(5-7(3)10)12-8(4)11/h6-7,9-10H,5H2,1-4H3/t7-,9+/m1/s1. The van der Waals surface area contributed by atoms with Gasteiger partial charge in [0.15, 0.2) is 0 Å². The molecule has 0 radical (unpaired) electrons. The molecule has 0 saturated carbocycles. The van der Waals surface area contributed by atoms with Gasteiger partial charge in [0.1, 0.15) is 6.10 Å². The molecule has 0 aromatic rings. The molecule has 0 unspecified atom stereocenters. The zero-order valence-corrected chi connectivity index (χ0v) is 8.20. The predicted octanol–water partition coefficient (Wildman–Crippen LogP) is 1.34. The lowest BCUT2D eigenvalue weighted by atomic mass is 10.0. The highest BCUT2D eigenvalue weighted by Crippen LogP contribution is 2.13. The monoisotopic (exact) mass is 174 g/mol. The van der Waals surface area contributed by atoms with Crippen LogP contribution in [0, 0.1) is 5.92 Å². The molecule has 12 heavy (non-hydrogen) atoms. The van der Waals surface area contributed by atoms with E-state index in [-0.39, 0.29) is 18.0 Å². The first-order valence-electron chi connectivity index (χ1n) is 4.28. The van der Waals surface area contributed by atoms with Gasteiger partial charge >= 0.3 is 5.97 Å². The van der Waals surface area contributed by atoms with Crippen LogP contribution in [0.4, 0.5) is 0 Å². The molecule has 0 aliphatic rings. The van der Waals surface area contributed by atoms with Crippen molar-refractivity contribution in [3.8, 4) is 0 Å². The Morgan fingerprint density at radius 3 is 2.17 bits per heavy atom. The second-order valence-corrected chi connectivity index (χ2v) is 3.48. The molecule has 0 bridgehead atoms. The lowest BCUT2D eigenvalue weighted by Gasteiger charge is -2.21. The van der Waals surface area contributed by atoms with E-state index in [9.17, 15) is 4.79 Å². The van der Waals surface area contributed by atoms with E-state index in [1.807, 2.05) is 13.8 Å². The summed E-state index contributed by atoms with van der Waals surface area (Å²) in [6.07, 6.45) is -0.0729. The van der Waals surface area contributed by atoms with Crippen LogP contribution in [0.5, 0.6) is 0 Å². The summed E-state index contributed by atoms with van der Waals surface area (Å²) in [6, 6.07) is 0. The molecular formula is C9H18O3. The Morgan fingerprint density at radius 1 is 1.42 bits per heavy atom. The molecule has 0 rings (SSSR count). The van der Waals surface area contributed by atoms with E-state index in [1.165, 1.54) is 6.92 Å². The fourth-order valence-corrected chi connectivity index (χ4v) is 1.01. The zero-order valence-electron chi connectivity index (χ0n) is 8.20. The SMILES string of the molecule is CC(=O)O[C@@H](C[C@@H](C)O)C(C)C. The number of carbonyl (C=O) groups is 1. The zero-order chi connectivity index (χ0) is 9.72. The molecule has 0 aliphatic carbocycles. The van der Waals surface area contributed by atoms with Gasteiger partial charge in [0.05, 0.1) is 6.10 Å². The highest BCUT2D eigenvalue weighted by Gasteiger charge is 2.18. The van der Waals surface area contributed by atoms with Crippen molar-refractivity contribution in [1.29, 1.82) is 0 Å². The van der Waals surface area contributed by atoms with Crippen LogP contribution in [-0.4, -0.2) is 23.3 Å². The normalized spacial score (nSPS) is 15.8. The Hall–Kier alpha value is -0.570. The summed E-state index contributed by atoms with van der Waals surface area (Å²) in [5.41, 5.74) is 0. The summed E-state index contributed by atoms with van der Waals surface area (Å²) in [5, 5.41) is 9.09. The molecule has 0 spiro atoms. The second-order valence-electron chi connectivity index (χ2n) is 3.48. The van der Waals surface area contributed by atoms with Gasteiger partial charge in [-0.3, -0.25) is 4.79 Å². The molecule has 2 atom stereocenters. The molecule has 3 nitrogen and oxygen atoms in total. The van der Waals surface area contributed by atoms with Crippen molar-refractivity contribution in [3.63, 3.8) is 0 Å². The van der Waals surface area contributed by atoms with Crippen molar-refractivity contribution >= 4 is 5.97 Å². The van der Waals surface area contributed by atoms with Crippen LogP contribution >= 0.6 is 0 Å². The van der Waals surface area contributed by atoms with Crippen LogP contribution in [0.3, 0.4) is 0 Å². The maximum Gasteiger partial charge on any atom is 0.302 e. The third kappa shape index (κ3) is 5.13. The van der Waals surface area contributed by atoms with E-state index in [4.69, 9.17) is 9.84 Å². The minimum atomic E-state index is -0.420. The summed E-state index contributed by atoms with van der Waals surface area (Å²) in [5.74, 6) is -0.0298. The van der Waals surface area contributed by atoms with E-state index in [2.05, 4.69) is 0 Å². The first-order valence-corrected chi connectivity index (χ1v) is 4.28. The first-order chi connectivity index (χ1) is 5.43. The van der Waals surface area contributed by atoms with Crippen LogP contribution in [-0.2, 0) is 9.53 Å². The van der Waals surface area contributed by atoms with Crippen LogP contribution in [0.15, 0.2) is 0 Å². The molecule has 1 N–H and O–H groups in total. The van der Waals surface area contributed by atoms with Gasteiger partial charge in [0.25, 0.3) is 0 Å². The van der Waals surface area contributed by atoms with Gasteiger partial charge in [-0.05, 0) is 12.8 Å². The first kappa shape index (κ1) is 11.4. The molecule has 0 aliphatic heterocycles. The maximum absolute atomic E-state index is 10.6. The number of esters is 1. The third-order valence-corrected chi connectivity index (χ3v) is 1.63. The summed E-state index contributed by atoms with van der Waals surface area (Å²) in [6.45, 7) is 7.02. The number of hydrogen-bond acceptors (Lipinski definition) is 3. The lowest BCUT2D eigenvalue weighted by molar-refractivity contribution is -0.150. The van der Waals surface area contributed by atoms with Crippen LogP contribution in [0.25, 0.3) is 0 Å². The average molecular weight is 174 g/mol. The summed E-state index contributed by atoms with van der Waals surface area (Å²) < 4.78 is 5.02. The Kier molecular flexibility index (Phi) is 4.90. The quantitative estimate of drug-likeness (QED) is 0.654. The van der Waals surface area contributed by atoms with Crippen LogP contribution < -0.4 is 0 Å². The Labute approximate surface area is 73.7 Å². The smallest absolute Gasteiger partial charge is 0.302 e. The number of carbonyl (C=O) groups excluding carboxylic acids is 1. The number of aliphatic hydroxyl groups is 1. The Balaban J connectivity index is 3.95. The van der Waals surface area contributed by atoms with E-state index >= 15 is 0 Å². The number of rotatable bonds is 4. The van der Waals surface area contributed by atoms with Crippen molar-refractivity contribution in [2.24, 2.45) is 5.92 Å². The molecule has 0 fully saturated rings. The van der Waals surface area contributed by atoms with Gasteiger partial charge in [-0.15, -0.1) is 0 Å². The predicted molar refractivity (Wildman–Crippen MR) is 46.7 cm³/mol. The highest BCUT2D eigenvalue weighted by molar-refractivity contribution is 5.66. The molecular weight excluding hydrogens is 156 g/mol. The molecule has 0 amide bonds. The second kappa shape index (κ2) is 5.14. The number of aliphatic hydroxyl groups excluding tert-OH is 1. The highest BCUT2D eigenvalue weighted by atomic mass is 16.5. The van der Waals surface area contributed by atoms with E-state index < -0.39 is 6.10 Å². The van der Waals surface area contributed by atoms with Crippen molar-refractivity contribution in [3.05, 3.63) is 0 Å². The Morgan fingerprint density at radius 2 is 1.92 bits per heavy atom. The van der Waals surface area contributed by atoms with Gasteiger partial charge in [-0.1, -0.05) is 13.8 Å². The topological polar surface area (TPSA) is 46.5 Å². The maximum atomic E-state index is 10.6. The third-order valence-electron chi connectivity index (χ3n) is 1.63. The van der Waals surface area contributed by atoms with Crippen molar-refractivity contribution < 1.29 is 14.6 Å². The van der Waals surface area contributed by atoms with Crippen LogP contribution in [0.1, 0.15) is 34.1 Å². The van der Waals surface area contributed by atoms with E-state index in [0.29, 0.717) is 6.42 Å². The Bertz CT molecular complexity index is 141. The largest absolute Gasteiger partial charge is 0.462 e. The summed E-state index contributed by atoms with van der Waals surface area (Å²) >= 11 is 0. The molecule has 0 heterocycles. The molecule has 3 heteroatoms. The van der Waals surface area contributed by atoms with Crippen LogP contribution in [0.2, 0.25) is 0 Å². The number of ether oxygens (including phenoxy) is 1. The molecule has 0 aromatic carbocycles. The molecule has 72 valence electrons. The van der Waals surface area contributed by atoms with Gasteiger partial charge < -0.3 is 9.84 Å². The number of hydrogen-bond donors (Lipinski definition) is 1. The van der Waals surface area contributed by atoms with Crippen molar-refractivity contribution in [1.82, 2.24) is 0 Å².